The summed E-state index contributed by atoms with van der Waals surface area (Å²) >= 11 is 13.2. The van der Waals surface area contributed by atoms with Crippen LogP contribution in [-0.4, -0.2) is 19.5 Å². The summed E-state index contributed by atoms with van der Waals surface area (Å²) in [6, 6.07) is 4.38. The zero-order valence-electron chi connectivity index (χ0n) is 10.6. The number of fused-ring (bicyclic) bond motifs is 1. The molecule has 0 aliphatic heterocycles. The van der Waals surface area contributed by atoms with E-state index in [-0.39, 0.29) is 5.88 Å². The second kappa shape index (κ2) is 5.99. The van der Waals surface area contributed by atoms with Crippen molar-refractivity contribution in [2.24, 2.45) is 0 Å². The summed E-state index contributed by atoms with van der Waals surface area (Å²) in [4.78, 5) is 9.92. The molecule has 112 valence electrons. The van der Waals surface area contributed by atoms with E-state index in [0.29, 0.717) is 26.6 Å². The lowest BCUT2D eigenvalue weighted by molar-refractivity contribution is -0.402. The smallest absolute Gasteiger partial charge is 0.401 e. The van der Waals surface area contributed by atoms with E-state index in [2.05, 4.69) is 10.2 Å². The minimum atomic E-state index is -0.597. The highest BCUT2D eigenvalue weighted by molar-refractivity contribution is 8.02. The molecule has 0 N–H and O–H groups in total. The third kappa shape index (κ3) is 2.94. The van der Waals surface area contributed by atoms with E-state index in [1.54, 1.807) is 28.1 Å². The van der Waals surface area contributed by atoms with E-state index in [0.717, 1.165) is 0 Å². The molecule has 0 unspecified atom stereocenters. The summed E-state index contributed by atoms with van der Waals surface area (Å²) in [5.41, 5.74) is 0.496. The molecule has 3 aromatic heterocycles. The molecule has 10 heteroatoms. The fourth-order valence-electron chi connectivity index (χ4n) is 1.67. The molecule has 0 aliphatic rings. The Morgan fingerprint density at radius 2 is 2.18 bits per heavy atom. The fraction of sp³-hybridized carbons (Fsp3) is 0. The topological polar surface area (TPSA) is 86.5 Å². The standard InChI is InChI=1S/C12H6Cl2N4O3S/c13-7-5-9(14)11-15-16-12(17(11)6-7)22-4-3-8-1-2-10(21-8)18(19)20/h1-6H/b4-3+. The highest BCUT2D eigenvalue weighted by Crippen LogP contribution is 2.26. The molecule has 0 saturated carbocycles. The lowest BCUT2D eigenvalue weighted by atomic mass is 10.4. The zero-order chi connectivity index (χ0) is 15.7. The van der Waals surface area contributed by atoms with E-state index >= 15 is 0 Å². The summed E-state index contributed by atoms with van der Waals surface area (Å²) in [6.45, 7) is 0. The van der Waals surface area contributed by atoms with Gasteiger partial charge in [0.25, 0.3) is 0 Å². The first-order chi connectivity index (χ1) is 10.5. The van der Waals surface area contributed by atoms with Crippen LogP contribution in [0.1, 0.15) is 5.76 Å². The van der Waals surface area contributed by atoms with Gasteiger partial charge in [-0.15, -0.1) is 10.2 Å². The van der Waals surface area contributed by atoms with Gasteiger partial charge in [-0.3, -0.25) is 14.5 Å². The number of pyridine rings is 1. The van der Waals surface area contributed by atoms with Gasteiger partial charge in [0.15, 0.2) is 10.8 Å². The van der Waals surface area contributed by atoms with E-state index in [1.165, 1.54) is 23.9 Å². The number of nitro groups is 1. The largest absolute Gasteiger partial charge is 0.433 e. The zero-order valence-corrected chi connectivity index (χ0v) is 13.0. The Labute approximate surface area is 137 Å². The minimum absolute atomic E-state index is 0.309. The summed E-state index contributed by atoms with van der Waals surface area (Å²) in [7, 11) is 0. The Kier molecular flexibility index (Phi) is 4.06. The Hall–Kier alpha value is -2.03. The molecule has 0 radical (unpaired) electrons. The predicted octanol–water partition coefficient (Wildman–Crippen LogP) is 4.30. The van der Waals surface area contributed by atoms with Crippen molar-refractivity contribution in [3.63, 3.8) is 0 Å². The molecule has 0 saturated heterocycles. The number of hydrogen-bond donors (Lipinski definition) is 0. The predicted molar refractivity (Wildman–Crippen MR) is 83.3 cm³/mol. The van der Waals surface area contributed by atoms with Crippen molar-refractivity contribution in [3.05, 3.63) is 55.7 Å². The normalized spacial score (nSPS) is 11.5. The van der Waals surface area contributed by atoms with Gasteiger partial charge in [-0.2, -0.15) is 0 Å². The van der Waals surface area contributed by atoms with Crippen molar-refractivity contribution in [2.45, 2.75) is 5.16 Å². The highest BCUT2D eigenvalue weighted by atomic mass is 35.5. The van der Waals surface area contributed by atoms with Gasteiger partial charge < -0.3 is 4.42 Å². The van der Waals surface area contributed by atoms with Crippen molar-refractivity contribution in [1.82, 2.24) is 14.6 Å². The molecular weight excluding hydrogens is 351 g/mol. The summed E-state index contributed by atoms with van der Waals surface area (Å²) in [5.74, 6) is 0.0558. The van der Waals surface area contributed by atoms with Crippen LogP contribution >= 0.6 is 35.0 Å². The lowest BCUT2D eigenvalue weighted by Crippen LogP contribution is -1.87. The summed E-state index contributed by atoms with van der Waals surface area (Å²) in [5, 5.41) is 21.6. The van der Waals surface area contributed by atoms with Gasteiger partial charge in [-0.25, -0.2) is 0 Å². The summed E-state index contributed by atoms with van der Waals surface area (Å²) in [6.07, 6.45) is 3.24. The van der Waals surface area contributed by atoms with Gasteiger partial charge in [0.2, 0.25) is 0 Å². The van der Waals surface area contributed by atoms with E-state index in [1.807, 2.05) is 0 Å². The van der Waals surface area contributed by atoms with Crippen LogP contribution < -0.4 is 0 Å². The number of hydrogen-bond acceptors (Lipinski definition) is 6. The number of halogens is 2. The number of nitrogens with zero attached hydrogens (tertiary/aromatic N) is 4. The van der Waals surface area contributed by atoms with Crippen LogP contribution in [0, 0.1) is 10.1 Å². The molecule has 3 aromatic rings. The van der Waals surface area contributed by atoms with Crippen LogP contribution in [0.3, 0.4) is 0 Å². The van der Waals surface area contributed by atoms with E-state index < -0.39 is 4.92 Å². The maximum atomic E-state index is 10.5. The number of rotatable bonds is 4. The molecular formula is C12H6Cl2N4O3S. The molecule has 3 heterocycles. The van der Waals surface area contributed by atoms with Crippen molar-refractivity contribution in [2.75, 3.05) is 0 Å². The van der Waals surface area contributed by atoms with Crippen molar-refractivity contribution < 1.29 is 9.34 Å². The third-order valence-electron chi connectivity index (χ3n) is 2.59. The molecule has 0 bridgehead atoms. The van der Waals surface area contributed by atoms with Gasteiger partial charge in [0.05, 0.1) is 16.1 Å². The van der Waals surface area contributed by atoms with Crippen LogP contribution in [0.5, 0.6) is 0 Å². The highest BCUT2D eigenvalue weighted by Gasteiger charge is 2.11. The van der Waals surface area contributed by atoms with Crippen LogP contribution in [-0.2, 0) is 0 Å². The Balaban J connectivity index is 1.81. The molecule has 0 fully saturated rings. The van der Waals surface area contributed by atoms with Crippen molar-refractivity contribution in [1.29, 1.82) is 0 Å². The molecule has 0 aliphatic carbocycles. The van der Waals surface area contributed by atoms with Crippen LogP contribution in [0.15, 0.2) is 39.4 Å². The fourth-order valence-corrected chi connectivity index (χ4v) is 2.85. The van der Waals surface area contributed by atoms with Gasteiger partial charge in [0.1, 0.15) is 10.7 Å². The first kappa shape index (κ1) is 14.9. The van der Waals surface area contributed by atoms with E-state index in [4.69, 9.17) is 27.6 Å². The van der Waals surface area contributed by atoms with Crippen LogP contribution in [0.25, 0.3) is 11.7 Å². The molecule has 0 atom stereocenters. The van der Waals surface area contributed by atoms with Gasteiger partial charge in [-0.1, -0.05) is 35.0 Å². The molecule has 7 nitrogen and oxygen atoms in total. The average Bonchev–Trinajstić information content (AvgIpc) is 3.06. The van der Waals surface area contributed by atoms with Crippen LogP contribution in [0.4, 0.5) is 5.88 Å². The SMILES string of the molecule is O=[N+]([O-])c1ccc(/C=C/Sc2nnc3c(Cl)cc(Cl)cn23)o1. The quantitative estimate of drug-likeness (QED) is 0.393. The Morgan fingerprint density at radius 3 is 2.91 bits per heavy atom. The molecule has 0 spiro atoms. The van der Waals surface area contributed by atoms with Crippen molar-refractivity contribution >= 4 is 52.6 Å². The summed E-state index contributed by atoms with van der Waals surface area (Å²) < 4.78 is 6.66. The van der Waals surface area contributed by atoms with Gasteiger partial charge in [0, 0.05) is 6.20 Å². The molecule has 0 amide bonds. The first-order valence-electron chi connectivity index (χ1n) is 5.82. The van der Waals surface area contributed by atoms with Gasteiger partial charge in [-0.05, 0) is 23.6 Å². The molecule has 22 heavy (non-hydrogen) atoms. The number of furan rings is 1. The minimum Gasteiger partial charge on any atom is -0.401 e. The molecule has 3 rings (SSSR count). The number of thioether (sulfide) groups is 1. The maximum Gasteiger partial charge on any atom is 0.433 e. The average molecular weight is 357 g/mol. The van der Waals surface area contributed by atoms with Crippen molar-refractivity contribution in [3.8, 4) is 0 Å². The first-order valence-corrected chi connectivity index (χ1v) is 7.45. The monoisotopic (exact) mass is 356 g/mol. The van der Waals surface area contributed by atoms with Crippen LogP contribution in [0.2, 0.25) is 10.0 Å². The van der Waals surface area contributed by atoms with E-state index in [9.17, 15) is 10.1 Å². The Morgan fingerprint density at radius 1 is 1.36 bits per heavy atom. The number of aromatic nitrogens is 3. The maximum absolute atomic E-state index is 10.5. The second-order valence-electron chi connectivity index (χ2n) is 4.04. The third-order valence-corrected chi connectivity index (χ3v) is 3.84. The lowest BCUT2D eigenvalue weighted by Gasteiger charge is -1.98. The Bertz CT molecular complexity index is 890. The van der Waals surface area contributed by atoms with Gasteiger partial charge >= 0.3 is 5.88 Å². The second-order valence-corrected chi connectivity index (χ2v) is 5.75. The molecule has 0 aromatic carbocycles.